The van der Waals surface area contributed by atoms with Crippen molar-refractivity contribution in [2.75, 3.05) is 18.2 Å². The van der Waals surface area contributed by atoms with Crippen LogP contribution in [0, 0.1) is 11.3 Å². The molecule has 34 heavy (non-hydrogen) atoms. The highest BCUT2D eigenvalue weighted by molar-refractivity contribution is 7.99. The number of methoxy groups -OCH3 is 1. The number of carbonyl (C=O) groups excluding carboxylic acids is 2. The zero-order valence-electron chi connectivity index (χ0n) is 19.8. The third-order valence-electron chi connectivity index (χ3n) is 6.13. The van der Waals surface area contributed by atoms with Crippen LogP contribution in [0.25, 0.3) is 5.69 Å². The fraction of sp³-hybridized carbons (Fsp3) is 0.458. The lowest BCUT2D eigenvalue weighted by molar-refractivity contribution is -0.115. The molecule has 0 fully saturated rings. The van der Waals surface area contributed by atoms with Crippen molar-refractivity contribution in [2.45, 2.75) is 51.6 Å². The number of aromatic nitrogens is 4. The Morgan fingerprint density at radius 2 is 2.03 bits per heavy atom. The van der Waals surface area contributed by atoms with Gasteiger partial charge >= 0.3 is 5.97 Å². The minimum atomic E-state index is -0.390. The molecule has 0 spiro atoms. The average Bonchev–Trinajstić information content (AvgIpc) is 3.42. The molecule has 1 aliphatic rings. The van der Waals surface area contributed by atoms with E-state index in [1.54, 1.807) is 4.68 Å². The van der Waals surface area contributed by atoms with E-state index < -0.39 is 5.97 Å². The number of para-hydroxylation sites is 1. The summed E-state index contributed by atoms with van der Waals surface area (Å²) in [7, 11) is 1.38. The molecular formula is C24H29N5O3S2. The molecule has 10 heteroatoms. The van der Waals surface area contributed by atoms with Gasteiger partial charge in [0.25, 0.3) is 0 Å². The van der Waals surface area contributed by atoms with E-state index in [9.17, 15) is 9.59 Å². The van der Waals surface area contributed by atoms with E-state index in [1.807, 2.05) is 30.3 Å². The lowest BCUT2D eigenvalue weighted by Gasteiger charge is -2.33. The van der Waals surface area contributed by atoms with Crippen molar-refractivity contribution in [1.82, 2.24) is 20.2 Å². The number of tetrazole rings is 1. The molecule has 0 aliphatic heterocycles. The van der Waals surface area contributed by atoms with E-state index in [1.165, 1.54) is 35.1 Å². The second-order valence-corrected chi connectivity index (χ2v) is 11.5. The summed E-state index contributed by atoms with van der Waals surface area (Å²) in [6, 6.07) is 9.61. The fourth-order valence-corrected chi connectivity index (χ4v) is 6.32. The SMILES string of the molecule is COC(=O)c1c(NC(=O)CCSc2nnnn2-c2ccccc2)sc2c1CCC(C(C)(C)C)C2. The zero-order valence-corrected chi connectivity index (χ0v) is 21.5. The quantitative estimate of drug-likeness (QED) is 0.369. The third-order valence-corrected chi connectivity index (χ3v) is 8.23. The highest BCUT2D eigenvalue weighted by Gasteiger charge is 2.34. The summed E-state index contributed by atoms with van der Waals surface area (Å²) in [5.74, 6) is 0.504. The smallest absolute Gasteiger partial charge is 0.341 e. The van der Waals surface area contributed by atoms with Gasteiger partial charge in [-0.3, -0.25) is 4.79 Å². The van der Waals surface area contributed by atoms with Crippen LogP contribution >= 0.6 is 23.1 Å². The number of hydrogen-bond acceptors (Lipinski definition) is 8. The topological polar surface area (TPSA) is 99.0 Å². The van der Waals surface area contributed by atoms with E-state index in [0.717, 1.165) is 30.5 Å². The summed E-state index contributed by atoms with van der Waals surface area (Å²) in [5, 5.41) is 16.0. The number of esters is 1. The molecule has 4 rings (SSSR count). The number of anilines is 1. The average molecular weight is 500 g/mol. The Labute approximate surface area is 207 Å². The fourth-order valence-electron chi connectivity index (χ4n) is 4.16. The van der Waals surface area contributed by atoms with Gasteiger partial charge in [-0.05, 0) is 58.7 Å². The number of benzene rings is 1. The van der Waals surface area contributed by atoms with Gasteiger partial charge in [-0.25, -0.2) is 4.79 Å². The summed E-state index contributed by atoms with van der Waals surface area (Å²) in [4.78, 5) is 26.5. The predicted octanol–water partition coefficient (Wildman–Crippen LogP) is 4.78. The number of nitrogens with zero attached hydrogens (tertiary/aromatic N) is 4. The molecule has 1 amide bonds. The van der Waals surface area contributed by atoms with Crippen molar-refractivity contribution in [3.63, 3.8) is 0 Å². The number of ether oxygens (including phenoxy) is 1. The van der Waals surface area contributed by atoms with Crippen LogP contribution in [0.4, 0.5) is 5.00 Å². The van der Waals surface area contributed by atoms with Crippen molar-refractivity contribution in [1.29, 1.82) is 0 Å². The first-order valence-electron chi connectivity index (χ1n) is 11.3. The standard InChI is InChI=1S/C24H29N5O3S2/c1-24(2,3)15-10-11-17-18(14-15)34-21(20(17)22(31)32-4)25-19(30)12-13-33-23-26-27-28-29(23)16-8-6-5-7-9-16/h5-9,15H,10-14H2,1-4H3,(H,25,30). The molecule has 1 aromatic carbocycles. The molecule has 0 bridgehead atoms. The number of thioether (sulfide) groups is 1. The Balaban J connectivity index is 1.42. The maximum Gasteiger partial charge on any atom is 0.341 e. The molecule has 3 aromatic rings. The summed E-state index contributed by atoms with van der Waals surface area (Å²) >= 11 is 2.92. The Kier molecular flexibility index (Phi) is 7.37. The number of nitrogens with one attached hydrogen (secondary N) is 1. The zero-order chi connectivity index (χ0) is 24.3. The number of amides is 1. The molecule has 1 unspecified atom stereocenters. The van der Waals surface area contributed by atoms with Gasteiger partial charge in [0.2, 0.25) is 11.1 Å². The van der Waals surface area contributed by atoms with E-state index in [-0.39, 0.29) is 17.7 Å². The van der Waals surface area contributed by atoms with Gasteiger partial charge < -0.3 is 10.1 Å². The van der Waals surface area contributed by atoms with Gasteiger partial charge in [0.15, 0.2) is 0 Å². The second-order valence-electron chi connectivity index (χ2n) is 9.36. The van der Waals surface area contributed by atoms with E-state index in [0.29, 0.717) is 27.4 Å². The summed E-state index contributed by atoms with van der Waals surface area (Å²) < 4.78 is 6.70. The number of thiophene rings is 1. The Morgan fingerprint density at radius 3 is 2.74 bits per heavy atom. The molecule has 0 saturated carbocycles. The second kappa shape index (κ2) is 10.3. The van der Waals surface area contributed by atoms with E-state index in [4.69, 9.17) is 4.74 Å². The summed E-state index contributed by atoms with van der Waals surface area (Å²) in [6.45, 7) is 6.77. The van der Waals surface area contributed by atoms with Crippen LogP contribution in [0.2, 0.25) is 0 Å². The first-order valence-corrected chi connectivity index (χ1v) is 13.1. The van der Waals surface area contributed by atoms with Crippen molar-refractivity contribution in [3.05, 3.63) is 46.3 Å². The van der Waals surface area contributed by atoms with Gasteiger partial charge in [-0.1, -0.05) is 50.7 Å². The monoisotopic (exact) mass is 499 g/mol. The summed E-state index contributed by atoms with van der Waals surface area (Å²) in [5.41, 5.74) is 2.61. The maximum absolute atomic E-state index is 12.8. The molecule has 0 radical (unpaired) electrons. The summed E-state index contributed by atoms with van der Waals surface area (Å²) in [6.07, 6.45) is 3.03. The first-order chi connectivity index (χ1) is 16.3. The Bertz CT molecular complexity index is 1170. The molecule has 1 aliphatic carbocycles. The molecular weight excluding hydrogens is 470 g/mol. The van der Waals surface area contributed by atoms with E-state index >= 15 is 0 Å². The largest absolute Gasteiger partial charge is 0.465 e. The van der Waals surface area contributed by atoms with Crippen molar-refractivity contribution < 1.29 is 14.3 Å². The van der Waals surface area contributed by atoms with Crippen LogP contribution in [0.1, 0.15) is 54.4 Å². The lowest BCUT2D eigenvalue weighted by atomic mass is 9.72. The molecule has 8 nitrogen and oxygen atoms in total. The van der Waals surface area contributed by atoms with Gasteiger partial charge in [0.05, 0.1) is 18.4 Å². The van der Waals surface area contributed by atoms with Gasteiger partial charge in [0.1, 0.15) is 5.00 Å². The Hall–Kier alpha value is -2.72. The number of hydrogen-bond donors (Lipinski definition) is 1. The molecule has 2 aromatic heterocycles. The highest BCUT2D eigenvalue weighted by Crippen LogP contribution is 2.44. The van der Waals surface area contributed by atoms with Gasteiger partial charge in [0, 0.05) is 17.1 Å². The van der Waals surface area contributed by atoms with Crippen molar-refractivity contribution in [3.8, 4) is 5.69 Å². The van der Waals surface area contributed by atoms with Crippen LogP contribution in [0.3, 0.4) is 0 Å². The van der Waals surface area contributed by atoms with Crippen LogP contribution in [0.15, 0.2) is 35.5 Å². The predicted molar refractivity (Wildman–Crippen MR) is 134 cm³/mol. The minimum Gasteiger partial charge on any atom is -0.465 e. The minimum absolute atomic E-state index is 0.151. The first kappa shape index (κ1) is 24.4. The molecule has 1 atom stereocenters. The Morgan fingerprint density at radius 1 is 1.26 bits per heavy atom. The van der Waals surface area contributed by atoms with Crippen LogP contribution in [-0.2, 0) is 22.4 Å². The maximum atomic E-state index is 12.8. The third kappa shape index (κ3) is 5.33. The van der Waals surface area contributed by atoms with Crippen molar-refractivity contribution in [2.24, 2.45) is 11.3 Å². The molecule has 1 N–H and O–H groups in total. The van der Waals surface area contributed by atoms with Crippen molar-refractivity contribution >= 4 is 40.0 Å². The normalized spacial score (nSPS) is 15.6. The number of rotatable bonds is 7. The van der Waals surface area contributed by atoms with Gasteiger partial charge in [-0.15, -0.1) is 16.4 Å². The van der Waals surface area contributed by atoms with E-state index in [2.05, 4.69) is 41.6 Å². The van der Waals surface area contributed by atoms with Crippen LogP contribution in [0.5, 0.6) is 0 Å². The highest BCUT2D eigenvalue weighted by atomic mass is 32.2. The molecule has 2 heterocycles. The van der Waals surface area contributed by atoms with Crippen LogP contribution < -0.4 is 5.32 Å². The van der Waals surface area contributed by atoms with Crippen LogP contribution in [-0.4, -0.2) is 44.9 Å². The van der Waals surface area contributed by atoms with Gasteiger partial charge in [-0.2, -0.15) is 4.68 Å². The molecule has 0 saturated heterocycles. The number of fused-ring (bicyclic) bond motifs is 1. The lowest BCUT2D eigenvalue weighted by Crippen LogP contribution is -2.26. The number of carbonyl (C=O) groups is 2. The molecule has 180 valence electrons.